The van der Waals surface area contributed by atoms with Gasteiger partial charge < -0.3 is 15.4 Å². The Labute approximate surface area is 153 Å². The number of rotatable bonds is 8. The topological polar surface area (TPSA) is 52.1 Å². The number of fused-ring (bicyclic) bond motifs is 3. The molecule has 3 saturated heterocycles. The number of guanidine groups is 1. The van der Waals surface area contributed by atoms with Crippen LogP contribution in [0.15, 0.2) is 4.99 Å². The van der Waals surface area contributed by atoms with E-state index in [1.54, 1.807) is 0 Å². The number of piperazine rings is 3. The highest BCUT2D eigenvalue weighted by atomic mass is 16.5. The van der Waals surface area contributed by atoms with Crippen LogP contribution in [0.5, 0.6) is 0 Å². The standard InChI is InChI=1S/C19H37N5O/c1-2-20-19(21-9-6-14-25-18-7-4-3-5-8-18)22-15-17-16-23-10-12-24(17)13-11-23/h17-18H,2-16H2,1H3,(H2,20,21,22). The molecule has 1 aliphatic carbocycles. The number of hydrogen-bond donors (Lipinski definition) is 2. The van der Waals surface area contributed by atoms with Crippen molar-refractivity contribution in [3.63, 3.8) is 0 Å². The van der Waals surface area contributed by atoms with Crippen LogP contribution in [-0.2, 0) is 4.74 Å². The average Bonchev–Trinajstić information content (AvgIpc) is 2.67. The summed E-state index contributed by atoms with van der Waals surface area (Å²) >= 11 is 0. The lowest BCUT2D eigenvalue weighted by Crippen LogP contribution is -2.62. The minimum Gasteiger partial charge on any atom is -0.378 e. The van der Waals surface area contributed by atoms with Crippen molar-refractivity contribution in [2.75, 3.05) is 59.0 Å². The predicted octanol–water partition coefficient (Wildman–Crippen LogP) is 1.28. The molecule has 2 bridgehead atoms. The Bertz CT molecular complexity index is 403. The maximum Gasteiger partial charge on any atom is 0.191 e. The minimum atomic E-state index is 0.515. The van der Waals surface area contributed by atoms with E-state index in [1.807, 2.05) is 0 Å². The number of nitrogens with zero attached hydrogens (tertiary/aromatic N) is 3. The zero-order chi connectivity index (χ0) is 17.3. The lowest BCUT2D eigenvalue weighted by Gasteiger charge is -2.47. The highest BCUT2D eigenvalue weighted by Crippen LogP contribution is 2.20. The summed E-state index contributed by atoms with van der Waals surface area (Å²) in [5, 5.41) is 6.84. The first-order chi connectivity index (χ1) is 12.3. The van der Waals surface area contributed by atoms with Gasteiger partial charge in [-0.25, -0.2) is 0 Å². The molecule has 6 heteroatoms. The maximum absolute atomic E-state index is 6.00. The summed E-state index contributed by atoms with van der Waals surface area (Å²) in [6, 6.07) is 0.590. The second-order valence-electron chi connectivity index (χ2n) is 7.62. The van der Waals surface area contributed by atoms with E-state index in [1.165, 1.54) is 64.8 Å². The summed E-state index contributed by atoms with van der Waals surface area (Å²) in [5.41, 5.74) is 0. The summed E-state index contributed by atoms with van der Waals surface area (Å²) in [6.45, 7) is 11.8. The van der Waals surface area contributed by atoms with Crippen LogP contribution in [0.3, 0.4) is 0 Å². The van der Waals surface area contributed by atoms with Gasteiger partial charge in [-0.3, -0.25) is 14.8 Å². The van der Waals surface area contributed by atoms with Crippen molar-refractivity contribution in [1.29, 1.82) is 0 Å². The molecule has 0 radical (unpaired) electrons. The van der Waals surface area contributed by atoms with Crippen LogP contribution < -0.4 is 10.6 Å². The van der Waals surface area contributed by atoms with Gasteiger partial charge in [0.05, 0.1) is 12.6 Å². The number of ether oxygens (including phenoxy) is 1. The molecule has 4 aliphatic rings. The molecule has 2 N–H and O–H groups in total. The van der Waals surface area contributed by atoms with Crippen LogP contribution in [-0.4, -0.2) is 86.9 Å². The Hall–Kier alpha value is -0.850. The first kappa shape index (κ1) is 18.9. The normalized spacial score (nSPS) is 30.4. The molecule has 144 valence electrons. The molecule has 1 saturated carbocycles. The molecule has 25 heavy (non-hydrogen) atoms. The average molecular weight is 352 g/mol. The van der Waals surface area contributed by atoms with E-state index in [2.05, 4.69) is 27.4 Å². The van der Waals surface area contributed by atoms with Gasteiger partial charge in [-0.05, 0) is 26.2 Å². The van der Waals surface area contributed by atoms with Crippen LogP contribution in [0, 0.1) is 0 Å². The van der Waals surface area contributed by atoms with E-state index in [0.29, 0.717) is 12.1 Å². The number of nitrogens with one attached hydrogen (secondary N) is 2. The minimum absolute atomic E-state index is 0.515. The summed E-state index contributed by atoms with van der Waals surface area (Å²) in [4.78, 5) is 10.0. The highest BCUT2D eigenvalue weighted by Gasteiger charge is 2.31. The quantitative estimate of drug-likeness (QED) is 0.392. The van der Waals surface area contributed by atoms with Crippen LogP contribution in [0.25, 0.3) is 0 Å². The van der Waals surface area contributed by atoms with Gasteiger partial charge in [0, 0.05) is 58.5 Å². The van der Waals surface area contributed by atoms with Crippen molar-refractivity contribution in [3.8, 4) is 0 Å². The van der Waals surface area contributed by atoms with Crippen molar-refractivity contribution < 1.29 is 4.74 Å². The molecule has 4 rings (SSSR count). The van der Waals surface area contributed by atoms with E-state index >= 15 is 0 Å². The van der Waals surface area contributed by atoms with Gasteiger partial charge in [0.15, 0.2) is 5.96 Å². The molecule has 0 aromatic heterocycles. The van der Waals surface area contributed by atoms with Crippen LogP contribution in [0.2, 0.25) is 0 Å². The third-order valence-electron chi connectivity index (χ3n) is 5.72. The summed E-state index contributed by atoms with van der Waals surface area (Å²) in [7, 11) is 0. The molecule has 4 fully saturated rings. The smallest absolute Gasteiger partial charge is 0.191 e. The second-order valence-corrected chi connectivity index (χ2v) is 7.62. The molecular weight excluding hydrogens is 314 g/mol. The monoisotopic (exact) mass is 351 g/mol. The lowest BCUT2D eigenvalue weighted by atomic mass is 9.98. The third-order valence-corrected chi connectivity index (χ3v) is 5.72. The van der Waals surface area contributed by atoms with Crippen molar-refractivity contribution in [1.82, 2.24) is 20.4 Å². The van der Waals surface area contributed by atoms with Crippen molar-refractivity contribution in [3.05, 3.63) is 0 Å². The summed E-state index contributed by atoms with van der Waals surface area (Å²) in [5.74, 6) is 0.956. The molecule has 3 aliphatic heterocycles. The first-order valence-electron chi connectivity index (χ1n) is 10.5. The zero-order valence-electron chi connectivity index (χ0n) is 16.0. The molecule has 0 aromatic rings. The van der Waals surface area contributed by atoms with Gasteiger partial charge in [-0.2, -0.15) is 0 Å². The molecule has 1 unspecified atom stereocenters. The van der Waals surface area contributed by atoms with Gasteiger partial charge in [-0.15, -0.1) is 0 Å². The molecule has 6 nitrogen and oxygen atoms in total. The predicted molar refractivity (Wildman–Crippen MR) is 103 cm³/mol. The van der Waals surface area contributed by atoms with Crippen molar-refractivity contribution in [2.24, 2.45) is 4.99 Å². The van der Waals surface area contributed by atoms with Gasteiger partial charge in [0.2, 0.25) is 0 Å². The Morgan fingerprint density at radius 3 is 2.56 bits per heavy atom. The number of aliphatic imine (C=N–C) groups is 1. The Kier molecular flexibility index (Phi) is 7.82. The molecule has 1 atom stereocenters. The fourth-order valence-corrected chi connectivity index (χ4v) is 4.20. The zero-order valence-corrected chi connectivity index (χ0v) is 16.0. The maximum atomic E-state index is 6.00. The molecular formula is C19H37N5O. The highest BCUT2D eigenvalue weighted by molar-refractivity contribution is 5.79. The summed E-state index contributed by atoms with van der Waals surface area (Å²) in [6.07, 6.45) is 8.15. The Balaban J connectivity index is 1.32. The first-order valence-corrected chi connectivity index (χ1v) is 10.5. The van der Waals surface area contributed by atoms with E-state index in [4.69, 9.17) is 9.73 Å². The fourth-order valence-electron chi connectivity index (χ4n) is 4.20. The number of hydrogen-bond acceptors (Lipinski definition) is 4. The van der Waals surface area contributed by atoms with E-state index in [0.717, 1.165) is 38.6 Å². The van der Waals surface area contributed by atoms with Gasteiger partial charge in [0.1, 0.15) is 0 Å². The van der Waals surface area contributed by atoms with E-state index < -0.39 is 0 Å². The largest absolute Gasteiger partial charge is 0.378 e. The second kappa shape index (κ2) is 10.3. The van der Waals surface area contributed by atoms with Gasteiger partial charge in [-0.1, -0.05) is 19.3 Å². The molecule has 0 spiro atoms. The van der Waals surface area contributed by atoms with Crippen LogP contribution in [0.4, 0.5) is 0 Å². The van der Waals surface area contributed by atoms with Gasteiger partial charge >= 0.3 is 0 Å². The van der Waals surface area contributed by atoms with Gasteiger partial charge in [0.25, 0.3) is 0 Å². The molecule has 3 heterocycles. The summed E-state index contributed by atoms with van der Waals surface area (Å²) < 4.78 is 6.00. The molecule has 0 amide bonds. The SMILES string of the molecule is CCNC(=NCC1CN2CCN1CC2)NCCCOC1CCCCC1. The van der Waals surface area contributed by atoms with E-state index in [-0.39, 0.29) is 0 Å². The van der Waals surface area contributed by atoms with Crippen molar-refractivity contribution in [2.45, 2.75) is 57.6 Å². The van der Waals surface area contributed by atoms with Crippen LogP contribution in [0.1, 0.15) is 45.4 Å². The molecule has 0 aromatic carbocycles. The van der Waals surface area contributed by atoms with E-state index in [9.17, 15) is 0 Å². The Morgan fingerprint density at radius 1 is 1.08 bits per heavy atom. The Morgan fingerprint density at radius 2 is 1.88 bits per heavy atom. The van der Waals surface area contributed by atoms with Crippen LogP contribution >= 0.6 is 0 Å². The lowest BCUT2D eigenvalue weighted by molar-refractivity contribution is 0.0174. The third kappa shape index (κ3) is 6.12. The fraction of sp³-hybridized carbons (Fsp3) is 0.947. The van der Waals surface area contributed by atoms with Crippen molar-refractivity contribution >= 4 is 5.96 Å².